The van der Waals surface area contributed by atoms with Crippen molar-refractivity contribution in [3.8, 4) is 0 Å². The Morgan fingerprint density at radius 1 is 1.22 bits per heavy atom. The Balaban J connectivity index is 0.00000192. The molecule has 1 aromatic carbocycles. The van der Waals surface area contributed by atoms with Crippen molar-refractivity contribution in [2.45, 2.75) is 26.3 Å². The maximum absolute atomic E-state index is 6.16. The van der Waals surface area contributed by atoms with Crippen molar-refractivity contribution in [3.63, 3.8) is 0 Å². The number of guanidine groups is 1. The molecule has 23 heavy (non-hydrogen) atoms. The van der Waals surface area contributed by atoms with E-state index in [1.165, 1.54) is 24.1 Å². The van der Waals surface area contributed by atoms with Crippen molar-refractivity contribution in [3.05, 3.63) is 42.0 Å². The van der Waals surface area contributed by atoms with Gasteiger partial charge < -0.3 is 15.5 Å². The molecular formula is C18H27IN4. The number of nitrogens with two attached hydrogens (primary N) is 1. The zero-order chi connectivity index (χ0) is 15.4. The molecule has 3 rings (SSSR count). The van der Waals surface area contributed by atoms with Crippen molar-refractivity contribution in [2.24, 2.45) is 16.6 Å². The molecule has 0 aliphatic carbocycles. The molecule has 0 atom stereocenters. The number of piperidine rings is 1. The lowest BCUT2D eigenvalue weighted by molar-refractivity contribution is 0.277. The molecule has 2 aliphatic rings. The first-order valence-corrected chi connectivity index (χ1v) is 8.26. The van der Waals surface area contributed by atoms with E-state index in [4.69, 9.17) is 5.73 Å². The number of benzene rings is 1. The van der Waals surface area contributed by atoms with E-state index in [9.17, 15) is 0 Å². The molecule has 4 nitrogen and oxygen atoms in total. The first kappa shape index (κ1) is 18.1. The minimum absolute atomic E-state index is 0. The van der Waals surface area contributed by atoms with Gasteiger partial charge in [0.1, 0.15) is 0 Å². The van der Waals surface area contributed by atoms with Gasteiger partial charge >= 0.3 is 0 Å². The molecule has 0 spiro atoms. The average Bonchev–Trinajstić information content (AvgIpc) is 3.08. The van der Waals surface area contributed by atoms with E-state index in [0.29, 0.717) is 12.5 Å². The molecule has 0 bridgehead atoms. The first-order valence-electron chi connectivity index (χ1n) is 8.26. The van der Waals surface area contributed by atoms with E-state index in [2.05, 4.69) is 58.1 Å². The number of aliphatic imine (C=N–C) groups is 1. The van der Waals surface area contributed by atoms with Crippen molar-refractivity contribution < 1.29 is 0 Å². The zero-order valence-corrected chi connectivity index (χ0v) is 16.1. The third-order valence-corrected chi connectivity index (χ3v) is 4.63. The highest BCUT2D eigenvalue weighted by Crippen LogP contribution is 2.19. The van der Waals surface area contributed by atoms with Gasteiger partial charge in [0.05, 0.1) is 6.54 Å². The number of likely N-dealkylation sites (tertiary alicyclic amines) is 1. The van der Waals surface area contributed by atoms with Crippen LogP contribution in [0.4, 0.5) is 5.69 Å². The molecule has 126 valence electrons. The fraction of sp³-hybridized carbons (Fsp3) is 0.500. The Bertz CT molecular complexity index is 554. The van der Waals surface area contributed by atoms with Crippen LogP contribution in [-0.2, 0) is 6.54 Å². The summed E-state index contributed by atoms with van der Waals surface area (Å²) in [6, 6.07) is 8.62. The van der Waals surface area contributed by atoms with Gasteiger partial charge in [0.15, 0.2) is 5.96 Å². The minimum Gasteiger partial charge on any atom is -0.370 e. The van der Waals surface area contributed by atoms with Crippen LogP contribution in [0.3, 0.4) is 0 Å². The van der Waals surface area contributed by atoms with E-state index in [1.807, 2.05) is 0 Å². The molecule has 1 fully saturated rings. The molecule has 1 saturated heterocycles. The number of anilines is 1. The number of nitrogens with zero attached hydrogens (tertiary/aromatic N) is 3. The lowest BCUT2D eigenvalue weighted by Gasteiger charge is -2.31. The number of halogens is 1. The molecule has 0 aromatic heterocycles. The van der Waals surface area contributed by atoms with Gasteiger partial charge in [-0.2, -0.15) is 0 Å². The summed E-state index contributed by atoms with van der Waals surface area (Å²) in [6.07, 6.45) is 6.85. The number of rotatable bonds is 3. The Labute approximate surface area is 156 Å². The van der Waals surface area contributed by atoms with Crippen LogP contribution in [0.15, 0.2) is 41.4 Å². The van der Waals surface area contributed by atoms with Crippen molar-refractivity contribution >= 4 is 35.6 Å². The molecule has 2 aliphatic heterocycles. The summed E-state index contributed by atoms with van der Waals surface area (Å²) in [5, 5.41) is 0. The largest absolute Gasteiger partial charge is 0.370 e. The number of hydrogen-bond donors (Lipinski definition) is 1. The van der Waals surface area contributed by atoms with Crippen LogP contribution in [-0.4, -0.2) is 37.0 Å². The van der Waals surface area contributed by atoms with Crippen LogP contribution in [0.5, 0.6) is 0 Å². The second-order valence-electron chi connectivity index (χ2n) is 6.39. The molecule has 5 heteroatoms. The van der Waals surface area contributed by atoms with Gasteiger partial charge in [0.25, 0.3) is 0 Å². The van der Waals surface area contributed by atoms with Crippen LogP contribution >= 0.6 is 24.0 Å². The highest BCUT2D eigenvalue weighted by molar-refractivity contribution is 14.0. The minimum atomic E-state index is 0. The molecule has 0 unspecified atom stereocenters. The predicted octanol–water partition coefficient (Wildman–Crippen LogP) is 3.23. The summed E-state index contributed by atoms with van der Waals surface area (Å²) in [5.74, 6) is 1.51. The van der Waals surface area contributed by atoms with Gasteiger partial charge in [-0.1, -0.05) is 31.2 Å². The third kappa shape index (κ3) is 4.86. The smallest absolute Gasteiger partial charge is 0.191 e. The molecule has 1 aromatic rings. The Morgan fingerprint density at radius 2 is 1.91 bits per heavy atom. The van der Waals surface area contributed by atoms with Crippen LogP contribution in [0.2, 0.25) is 0 Å². The standard InChI is InChI=1S/C18H26N4.HI/c1-15-7-11-22(12-8-15)18(19)20-14-16-5-4-6-17(13-16)21-9-2-3-10-21;/h2-6,13,15H,7-12,14H2,1H3,(H2,19,20);1H. The van der Waals surface area contributed by atoms with Gasteiger partial charge in [0, 0.05) is 31.9 Å². The van der Waals surface area contributed by atoms with Crippen LogP contribution in [0.25, 0.3) is 0 Å². The maximum Gasteiger partial charge on any atom is 0.191 e. The molecule has 2 N–H and O–H groups in total. The second kappa shape index (κ2) is 8.57. The topological polar surface area (TPSA) is 44.9 Å². The van der Waals surface area contributed by atoms with Gasteiger partial charge in [-0.15, -0.1) is 24.0 Å². The predicted molar refractivity (Wildman–Crippen MR) is 109 cm³/mol. The van der Waals surface area contributed by atoms with Crippen molar-refractivity contribution in [1.82, 2.24) is 4.90 Å². The van der Waals surface area contributed by atoms with E-state index in [0.717, 1.165) is 32.1 Å². The van der Waals surface area contributed by atoms with Crippen molar-refractivity contribution in [1.29, 1.82) is 0 Å². The highest BCUT2D eigenvalue weighted by Gasteiger charge is 2.16. The van der Waals surface area contributed by atoms with Gasteiger partial charge in [-0.25, -0.2) is 4.99 Å². The average molecular weight is 426 g/mol. The lowest BCUT2D eigenvalue weighted by atomic mass is 10.00. The van der Waals surface area contributed by atoms with Crippen molar-refractivity contribution in [2.75, 3.05) is 31.1 Å². The van der Waals surface area contributed by atoms with E-state index in [-0.39, 0.29) is 24.0 Å². The molecule has 0 amide bonds. The van der Waals surface area contributed by atoms with E-state index >= 15 is 0 Å². The summed E-state index contributed by atoms with van der Waals surface area (Å²) in [6.45, 7) is 7.05. The zero-order valence-electron chi connectivity index (χ0n) is 13.8. The summed E-state index contributed by atoms with van der Waals surface area (Å²) < 4.78 is 0. The van der Waals surface area contributed by atoms with Crippen LogP contribution in [0, 0.1) is 5.92 Å². The Morgan fingerprint density at radius 3 is 2.61 bits per heavy atom. The normalized spacial score (nSPS) is 19.1. The summed E-state index contributed by atoms with van der Waals surface area (Å²) >= 11 is 0. The molecule has 2 heterocycles. The quantitative estimate of drug-likeness (QED) is 0.350. The summed E-state index contributed by atoms with van der Waals surface area (Å²) in [7, 11) is 0. The number of hydrogen-bond acceptors (Lipinski definition) is 2. The third-order valence-electron chi connectivity index (χ3n) is 4.63. The first-order chi connectivity index (χ1) is 10.7. The van der Waals surface area contributed by atoms with E-state index < -0.39 is 0 Å². The monoisotopic (exact) mass is 426 g/mol. The van der Waals surface area contributed by atoms with Crippen LogP contribution < -0.4 is 10.6 Å². The Kier molecular flexibility index (Phi) is 6.74. The van der Waals surface area contributed by atoms with Gasteiger partial charge in [-0.3, -0.25) is 0 Å². The van der Waals surface area contributed by atoms with Gasteiger partial charge in [0.2, 0.25) is 0 Å². The highest BCUT2D eigenvalue weighted by atomic mass is 127. The fourth-order valence-electron chi connectivity index (χ4n) is 3.05. The molecule has 0 saturated carbocycles. The van der Waals surface area contributed by atoms with E-state index in [1.54, 1.807) is 0 Å². The second-order valence-corrected chi connectivity index (χ2v) is 6.39. The molecular weight excluding hydrogens is 399 g/mol. The fourth-order valence-corrected chi connectivity index (χ4v) is 3.05. The van der Waals surface area contributed by atoms with Gasteiger partial charge in [-0.05, 0) is 36.5 Å². The SMILES string of the molecule is CC1CCN(C(N)=NCc2cccc(N3CC=CC3)c2)CC1.I. The Hall–Kier alpha value is -1.24. The van der Waals surface area contributed by atoms with Crippen LogP contribution in [0.1, 0.15) is 25.3 Å². The lowest BCUT2D eigenvalue weighted by Crippen LogP contribution is -2.42. The molecule has 0 radical (unpaired) electrons. The maximum atomic E-state index is 6.16. The summed E-state index contributed by atoms with van der Waals surface area (Å²) in [5.41, 5.74) is 8.64. The summed E-state index contributed by atoms with van der Waals surface area (Å²) in [4.78, 5) is 9.16.